The van der Waals surface area contributed by atoms with Crippen LogP contribution < -0.4 is 5.32 Å². The fraction of sp³-hybridized carbons (Fsp3) is 0.516. The number of piperidine rings is 1. The molecule has 1 aliphatic heterocycles. The molecule has 2 fully saturated rings. The van der Waals surface area contributed by atoms with Crippen LogP contribution in [0, 0.1) is 5.92 Å². The van der Waals surface area contributed by atoms with Crippen LogP contribution >= 0.6 is 0 Å². The monoisotopic (exact) mass is 486 g/mol. The molecule has 0 bridgehead atoms. The van der Waals surface area contributed by atoms with Crippen molar-refractivity contribution in [1.82, 2.24) is 19.7 Å². The normalized spacial score (nSPS) is 18.2. The molecule has 1 amide bonds. The summed E-state index contributed by atoms with van der Waals surface area (Å²) in [4.78, 5) is 17.8. The number of carbonyl (C=O) groups excluding carboxylic acids is 1. The summed E-state index contributed by atoms with van der Waals surface area (Å²) < 4.78 is 2.46. The van der Waals surface area contributed by atoms with E-state index in [4.69, 9.17) is 0 Å². The standard InChI is InChI=1S/C31H42N4O/c1-33(28-13-6-3-7-14-28)21-18-32-31(36)26-16-19-34(20-17-26)24-29-22-27-12-8-9-15-30(27)35(29)23-25-10-4-2-5-11-25/h2,4-5,8-12,15,22,26,28H,3,6-7,13-14,16-21,23-24H2,1H3,(H,32,36). The van der Waals surface area contributed by atoms with E-state index in [-0.39, 0.29) is 11.8 Å². The highest BCUT2D eigenvalue weighted by molar-refractivity contribution is 5.81. The van der Waals surface area contributed by atoms with Gasteiger partial charge in [-0.2, -0.15) is 0 Å². The predicted molar refractivity (Wildman–Crippen MR) is 148 cm³/mol. The minimum atomic E-state index is 0.149. The zero-order valence-electron chi connectivity index (χ0n) is 21.9. The third kappa shape index (κ3) is 6.19. The van der Waals surface area contributed by atoms with Crippen LogP contribution in [0.5, 0.6) is 0 Å². The van der Waals surface area contributed by atoms with Gasteiger partial charge in [0.15, 0.2) is 0 Å². The highest BCUT2D eigenvalue weighted by Gasteiger charge is 2.26. The molecule has 1 aromatic heterocycles. The number of para-hydroxylation sites is 1. The second-order valence-corrected chi connectivity index (χ2v) is 10.9. The maximum atomic E-state index is 12.8. The molecule has 0 atom stereocenters. The van der Waals surface area contributed by atoms with Crippen LogP contribution in [0.15, 0.2) is 60.7 Å². The van der Waals surface area contributed by atoms with Gasteiger partial charge >= 0.3 is 0 Å². The second-order valence-electron chi connectivity index (χ2n) is 10.9. The zero-order chi connectivity index (χ0) is 24.7. The van der Waals surface area contributed by atoms with Gasteiger partial charge in [-0.15, -0.1) is 0 Å². The summed E-state index contributed by atoms with van der Waals surface area (Å²) in [5.74, 6) is 0.404. The molecule has 5 nitrogen and oxygen atoms in total. The minimum Gasteiger partial charge on any atom is -0.355 e. The average Bonchev–Trinajstić information content (AvgIpc) is 3.26. The Balaban J connectivity index is 1.13. The van der Waals surface area contributed by atoms with Gasteiger partial charge in [-0.1, -0.05) is 67.8 Å². The van der Waals surface area contributed by atoms with Crippen LogP contribution in [-0.2, 0) is 17.9 Å². The summed E-state index contributed by atoms with van der Waals surface area (Å²) in [5.41, 5.74) is 3.97. The molecule has 5 rings (SSSR count). The Hall–Kier alpha value is -2.63. The third-order valence-electron chi connectivity index (χ3n) is 8.39. The number of nitrogens with one attached hydrogen (secondary N) is 1. The number of likely N-dealkylation sites (tertiary alicyclic amines) is 1. The Kier molecular flexibility index (Phi) is 8.40. The number of carbonyl (C=O) groups is 1. The first-order chi connectivity index (χ1) is 17.7. The first kappa shape index (κ1) is 25.0. The van der Waals surface area contributed by atoms with Crippen molar-refractivity contribution in [1.29, 1.82) is 0 Å². The molecule has 1 aliphatic carbocycles. The van der Waals surface area contributed by atoms with E-state index in [0.29, 0.717) is 6.04 Å². The lowest BCUT2D eigenvalue weighted by atomic mass is 9.94. The molecule has 0 spiro atoms. The van der Waals surface area contributed by atoms with Crippen LogP contribution in [0.4, 0.5) is 0 Å². The second kappa shape index (κ2) is 12.1. The zero-order valence-corrected chi connectivity index (χ0v) is 21.9. The Morgan fingerprint density at radius 1 is 0.917 bits per heavy atom. The van der Waals surface area contributed by atoms with Gasteiger partial charge in [0, 0.05) is 49.3 Å². The fourth-order valence-corrected chi connectivity index (χ4v) is 6.14. The van der Waals surface area contributed by atoms with E-state index in [9.17, 15) is 4.79 Å². The number of benzene rings is 2. The van der Waals surface area contributed by atoms with Crippen molar-refractivity contribution < 1.29 is 4.79 Å². The van der Waals surface area contributed by atoms with Crippen LogP contribution in [0.3, 0.4) is 0 Å². The predicted octanol–water partition coefficient (Wildman–Crippen LogP) is 5.28. The van der Waals surface area contributed by atoms with Crippen LogP contribution in [-0.4, -0.2) is 59.5 Å². The first-order valence-corrected chi connectivity index (χ1v) is 14.0. The number of amides is 1. The lowest BCUT2D eigenvalue weighted by Gasteiger charge is -2.32. The molecule has 2 aliphatic rings. The Morgan fingerprint density at radius 2 is 1.64 bits per heavy atom. The molecule has 3 aromatic rings. The summed E-state index contributed by atoms with van der Waals surface area (Å²) >= 11 is 0. The van der Waals surface area contributed by atoms with Gasteiger partial charge in [-0.25, -0.2) is 0 Å². The van der Waals surface area contributed by atoms with Crippen molar-refractivity contribution in [3.63, 3.8) is 0 Å². The summed E-state index contributed by atoms with van der Waals surface area (Å²) in [6.45, 7) is 5.51. The third-order valence-corrected chi connectivity index (χ3v) is 8.39. The molecule has 36 heavy (non-hydrogen) atoms. The summed E-state index contributed by atoms with van der Waals surface area (Å²) in [7, 11) is 2.22. The van der Waals surface area contributed by atoms with Crippen molar-refractivity contribution >= 4 is 16.8 Å². The Labute approximate surface area is 216 Å². The van der Waals surface area contributed by atoms with Gasteiger partial charge in [0.05, 0.1) is 0 Å². The Morgan fingerprint density at radius 3 is 2.42 bits per heavy atom. The van der Waals surface area contributed by atoms with E-state index >= 15 is 0 Å². The van der Waals surface area contributed by atoms with Gasteiger partial charge in [0.2, 0.25) is 5.91 Å². The number of likely N-dealkylation sites (N-methyl/N-ethyl adjacent to an activating group) is 1. The summed E-state index contributed by atoms with van der Waals surface area (Å²) in [6, 6.07) is 22.5. The topological polar surface area (TPSA) is 40.5 Å². The van der Waals surface area contributed by atoms with Crippen LogP contribution in [0.25, 0.3) is 10.9 Å². The van der Waals surface area contributed by atoms with Crippen LogP contribution in [0.2, 0.25) is 0 Å². The average molecular weight is 487 g/mol. The maximum absolute atomic E-state index is 12.8. The van der Waals surface area contributed by atoms with E-state index in [1.54, 1.807) is 0 Å². The lowest BCUT2D eigenvalue weighted by molar-refractivity contribution is -0.126. The van der Waals surface area contributed by atoms with E-state index in [0.717, 1.165) is 52.1 Å². The maximum Gasteiger partial charge on any atom is 0.223 e. The number of nitrogens with zero attached hydrogens (tertiary/aromatic N) is 3. The molecule has 0 unspecified atom stereocenters. The lowest BCUT2D eigenvalue weighted by Crippen LogP contribution is -2.43. The molecule has 5 heteroatoms. The molecule has 1 saturated carbocycles. The molecular weight excluding hydrogens is 444 g/mol. The molecule has 192 valence electrons. The van der Waals surface area contributed by atoms with Gasteiger partial charge in [-0.05, 0) is 68.9 Å². The van der Waals surface area contributed by atoms with Crippen molar-refractivity contribution in [2.45, 2.75) is 64.1 Å². The molecular formula is C31H42N4O. The van der Waals surface area contributed by atoms with Gasteiger partial charge in [0.1, 0.15) is 0 Å². The first-order valence-electron chi connectivity index (χ1n) is 14.0. The van der Waals surface area contributed by atoms with Crippen LogP contribution in [0.1, 0.15) is 56.2 Å². The number of hydrogen-bond donors (Lipinski definition) is 1. The SMILES string of the molecule is CN(CCNC(=O)C1CCN(Cc2cc3ccccc3n2Cc2ccccc2)CC1)C1CCCCC1. The Bertz CT molecular complexity index is 1110. The number of fused-ring (bicyclic) bond motifs is 1. The molecule has 2 aromatic carbocycles. The molecule has 1 N–H and O–H groups in total. The van der Waals surface area contributed by atoms with E-state index in [1.807, 2.05) is 0 Å². The van der Waals surface area contributed by atoms with Gasteiger partial charge in [0.25, 0.3) is 0 Å². The molecule has 1 saturated heterocycles. The number of hydrogen-bond acceptors (Lipinski definition) is 3. The van der Waals surface area contributed by atoms with Crippen molar-refractivity contribution in [2.75, 3.05) is 33.2 Å². The van der Waals surface area contributed by atoms with Gasteiger partial charge < -0.3 is 14.8 Å². The molecule has 0 radical (unpaired) electrons. The van der Waals surface area contributed by atoms with Crippen molar-refractivity contribution in [2.24, 2.45) is 5.92 Å². The fourth-order valence-electron chi connectivity index (χ4n) is 6.14. The number of aromatic nitrogens is 1. The summed E-state index contributed by atoms with van der Waals surface area (Å²) in [6.07, 6.45) is 8.61. The highest BCUT2D eigenvalue weighted by atomic mass is 16.1. The van der Waals surface area contributed by atoms with E-state index in [2.05, 4.69) is 87.4 Å². The van der Waals surface area contributed by atoms with Crippen molar-refractivity contribution in [3.05, 3.63) is 71.9 Å². The highest BCUT2D eigenvalue weighted by Crippen LogP contribution is 2.25. The largest absolute Gasteiger partial charge is 0.355 e. The summed E-state index contributed by atoms with van der Waals surface area (Å²) in [5, 5.41) is 4.54. The van der Waals surface area contributed by atoms with Gasteiger partial charge in [-0.3, -0.25) is 9.69 Å². The van der Waals surface area contributed by atoms with Crippen molar-refractivity contribution in [3.8, 4) is 0 Å². The smallest absolute Gasteiger partial charge is 0.223 e. The van der Waals surface area contributed by atoms with E-state index in [1.165, 1.54) is 54.3 Å². The number of rotatable bonds is 9. The molecule has 2 heterocycles. The minimum absolute atomic E-state index is 0.149. The quantitative estimate of drug-likeness (QED) is 0.447. The van der Waals surface area contributed by atoms with E-state index < -0.39 is 0 Å².